The topological polar surface area (TPSA) is 38.3 Å². The van der Waals surface area contributed by atoms with Gasteiger partial charge in [0.15, 0.2) is 0 Å². The van der Waals surface area contributed by atoms with Crippen LogP contribution in [0.1, 0.15) is 24.6 Å². The molecule has 1 aromatic rings. The van der Waals surface area contributed by atoms with Gasteiger partial charge in [0.1, 0.15) is 0 Å². The minimum absolute atomic E-state index is 0.0671. The van der Waals surface area contributed by atoms with Crippen molar-refractivity contribution in [1.82, 2.24) is 5.32 Å². The van der Waals surface area contributed by atoms with Gasteiger partial charge in [-0.1, -0.05) is 0 Å². The number of thiophene rings is 1. The Bertz CT molecular complexity index is 438. The van der Waals surface area contributed by atoms with E-state index >= 15 is 0 Å². The zero-order chi connectivity index (χ0) is 13.0. The molecule has 2 heterocycles. The number of halogens is 1. The number of rotatable bonds is 4. The predicted octanol–water partition coefficient (Wildman–Crippen LogP) is 3.21. The Morgan fingerprint density at radius 1 is 1.67 bits per heavy atom. The lowest BCUT2D eigenvalue weighted by atomic mass is 10.1. The van der Waals surface area contributed by atoms with Crippen LogP contribution in [0.2, 0.25) is 0 Å². The summed E-state index contributed by atoms with van der Waals surface area (Å²) in [5, 5.41) is 2.94. The Kier molecular flexibility index (Phi) is 4.97. The Morgan fingerprint density at radius 3 is 3.11 bits per heavy atom. The molecule has 1 aliphatic rings. The van der Waals surface area contributed by atoms with Crippen molar-refractivity contribution in [3.8, 4) is 0 Å². The number of hydrogen-bond acceptors (Lipinski definition) is 3. The number of ether oxygens (including phenoxy) is 1. The number of amides is 1. The molecule has 18 heavy (non-hydrogen) atoms. The van der Waals surface area contributed by atoms with E-state index in [9.17, 15) is 4.79 Å². The fourth-order valence-electron chi connectivity index (χ4n) is 1.94. The first-order chi connectivity index (χ1) is 8.65. The molecule has 3 nitrogen and oxygen atoms in total. The van der Waals surface area contributed by atoms with Crippen molar-refractivity contribution in [3.63, 3.8) is 0 Å². The van der Waals surface area contributed by atoms with Crippen LogP contribution in [-0.2, 0) is 9.53 Å². The van der Waals surface area contributed by atoms with Crippen LogP contribution in [0.4, 0.5) is 0 Å². The van der Waals surface area contributed by atoms with Gasteiger partial charge in [0.25, 0.3) is 0 Å². The molecule has 1 N–H and O–H groups in total. The molecule has 1 saturated heterocycles. The van der Waals surface area contributed by atoms with Gasteiger partial charge in [-0.05, 0) is 53.9 Å². The Labute approximate surface area is 119 Å². The van der Waals surface area contributed by atoms with Gasteiger partial charge in [0.2, 0.25) is 5.91 Å². The fraction of sp³-hybridized carbons (Fsp3) is 0.462. The third-order valence-electron chi connectivity index (χ3n) is 2.89. The lowest BCUT2D eigenvalue weighted by Gasteiger charge is -2.18. The number of hydrogen-bond donors (Lipinski definition) is 1. The molecular formula is C13H16BrNO2S. The van der Waals surface area contributed by atoms with Crippen LogP contribution >= 0.6 is 27.3 Å². The van der Waals surface area contributed by atoms with E-state index in [1.165, 1.54) is 0 Å². The summed E-state index contributed by atoms with van der Waals surface area (Å²) in [6.07, 6.45) is 5.68. The predicted molar refractivity (Wildman–Crippen MR) is 77.6 cm³/mol. The van der Waals surface area contributed by atoms with Gasteiger partial charge < -0.3 is 10.1 Å². The quantitative estimate of drug-likeness (QED) is 0.861. The summed E-state index contributed by atoms with van der Waals surface area (Å²) >= 11 is 4.99. The van der Waals surface area contributed by atoms with Gasteiger partial charge in [-0.15, -0.1) is 11.3 Å². The van der Waals surface area contributed by atoms with Crippen LogP contribution in [0.3, 0.4) is 0 Å². The molecule has 0 saturated carbocycles. The summed E-state index contributed by atoms with van der Waals surface area (Å²) in [5.41, 5.74) is 0. The van der Waals surface area contributed by atoms with E-state index in [4.69, 9.17) is 4.74 Å². The van der Waals surface area contributed by atoms with Gasteiger partial charge >= 0.3 is 0 Å². The molecule has 0 spiro atoms. The average Bonchev–Trinajstić information content (AvgIpc) is 2.97. The van der Waals surface area contributed by atoms with E-state index in [0.29, 0.717) is 0 Å². The number of carbonyl (C=O) groups excluding carboxylic acids is 1. The van der Waals surface area contributed by atoms with Crippen molar-refractivity contribution >= 4 is 39.2 Å². The molecule has 1 aromatic heterocycles. The summed E-state index contributed by atoms with van der Waals surface area (Å²) < 4.78 is 6.60. The lowest BCUT2D eigenvalue weighted by molar-refractivity contribution is -0.117. The summed E-state index contributed by atoms with van der Waals surface area (Å²) in [4.78, 5) is 12.8. The van der Waals surface area contributed by atoms with Gasteiger partial charge in [-0.2, -0.15) is 0 Å². The fourth-order valence-corrected chi connectivity index (χ4v) is 3.26. The first-order valence-electron chi connectivity index (χ1n) is 6.00. The van der Waals surface area contributed by atoms with Crippen LogP contribution in [0, 0.1) is 0 Å². The summed E-state index contributed by atoms with van der Waals surface area (Å²) in [6, 6.07) is 4.01. The molecule has 5 heteroatoms. The normalized spacial score (nSPS) is 21.3. The van der Waals surface area contributed by atoms with Crippen LogP contribution in [-0.4, -0.2) is 24.7 Å². The third kappa shape index (κ3) is 3.93. The molecule has 0 bridgehead atoms. The van der Waals surface area contributed by atoms with Crippen molar-refractivity contribution in [2.75, 3.05) is 6.61 Å². The lowest BCUT2D eigenvalue weighted by Crippen LogP contribution is -2.39. The summed E-state index contributed by atoms with van der Waals surface area (Å²) in [5.74, 6) is -0.0671. The van der Waals surface area contributed by atoms with Crippen molar-refractivity contribution in [3.05, 3.63) is 26.9 Å². The molecule has 98 valence electrons. The maximum Gasteiger partial charge on any atom is 0.244 e. The van der Waals surface area contributed by atoms with E-state index in [1.807, 2.05) is 25.1 Å². The molecule has 1 aliphatic heterocycles. The maximum atomic E-state index is 11.7. The molecule has 2 unspecified atom stereocenters. The van der Waals surface area contributed by atoms with E-state index in [-0.39, 0.29) is 18.1 Å². The molecular weight excluding hydrogens is 314 g/mol. The van der Waals surface area contributed by atoms with Crippen LogP contribution in [0.5, 0.6) is 0 Å². The molecule has 1 amide bonds. The molecule has 0 radical (unpaired) electrons. The highest BCUT2D eigenvalue weighted by Gasteiger charge is 2.22. The zero-order valence-electron chi connectivity index (χ0n) is 10.2. The minimum Gasteiger partial charge on any atom is -0.376 e. The molecule has 0 aliphatic carbocycles. The standard InChI is InChI=1S/C13H16BrNO2S/c1-9(11-3-2-8-17-11)15-13(16)7-5-10-4-6-12(14)18-10/h4-7,9,11H,2-3,8H2,1H3,(H,15,16)/b7-5+. The van der Waals surface area contributed by atoms with Crippen LogP contribution in [0.25, 0.3) is 6.08 Å². The van der Waals surface area contributed by atoms with Gasteiger partial charge in [0.05, 0.1) is 15.9 Å². The SMILES string of the molecule is CC(NC(=O)/C=C/c1ccc(Br)s1)C1CCCO1. The Balaban J connectivity index is 1.82. The summed E-state index contributed by atoms with van der Waals surface area (Å²) in [6.45, 7) is 2.80. The van der Waals surface area contributed by atoms with Crippen LogP contribution < -0.4 is 5.32 Å². The van der Waals surface area contributed by atoms with Gasteiger partial charge in [-0.3, -0.25) is 4.79 Å². The first-order valence-corrected chi connectivity index (χ1v) is 7.61. The first kappa shape index (κ1) is 13.8. The Morgan fingerprint density at radius 2 is 2.50 bits per heavy atom. The van der Waals surface area contributed by atoms with Gasteiger partial charge in [-0.25, -0.2) is 0 Å². The highest BCUT2D eigenvalue weighted by Crippen LogP contribution is 2.23. The minimum atomic E-state index is -0.0671. The van der Waals surface area contributed by atoms with Crippen LogP contribution in [0.15, 0.2) is 22.0 Å². The monoisotopic (exact) mass is 329 g/mol. The highest BCUT2D eigenvalue weighted by atomic mass is 79.9. The van der Waals surface area contributed by atoms with E-state index in [1.54, 1.807) is 17.4 Å². The summed E-state index contributed by atoms with van der Waals surface area (Å²) in [7, 11) is 0. The van der Waals surface area contributed by atoms with E-state index in [0.717, 1.165) is 28.1 Å². The smallest absolute Gasteiger partial charge is 0.244 e. The molecule has 1 fully saturated rings. The average molecular weight is 330 g/mol. The van der Waals surface area contributed by atoms with Crippen molar-refractivity contribution < 1.29 is 9.53 Å². The number of carbonyl (C=O) groups is 1. The van der Waals surface area contributed by atoms with E-state index < -0.39 is 0 Å². The zero-order valence-corrected chi connectivity index (χ0v) is 12.6. The molecule has 2 atom stereocenters. The second-order valence-electron chi connectivity index (χ2n) is 4.32. The highest BCUT2D eigenvalue weighted by molar-refractivity contribution is 9.11. The van der Waals surface area contributed by atoms with E-state index in [2.05, 4.69) is 21.2 Å². The second-order valence-corrected chi connectivity index (χ2v) is 6.82. The second kappa shape index (κ2) is 6.50. The largest absolute Gasteiger partial charge is 0.376 e. The Hall–Kier alpha value is -0.650. The van der Waals surface area contributed by atoms with Crippen molar-refractivity contribution in [1.29, 1.82) is 0 Å². The van der Waals surface area contributed by atoms with Gasteiger partial charge in [0, 0.05) is 17.6 Å². The molecule has 2 rings (SSSR count). The van der Waals surface area contributed by atoms with Crippen molar-refractivity contribution in [2.45, 2.75) is 31.9 Å². The molecule has 0 aromatic carbocycles. The number of nitrogens with one attached hydrogen (secondary N) is 1. The third-order valence-corrected chi connectivity index (χ3v) is 4.47. The maximum absolute atomic E-state index is 11.7. The van der Waals surface area contributed by atoms with Crippen molar-refractivity contribution in [2.24, 2.45) is 0 Å².